The number of halogens is 1. The van der Waals surface area contributed by atoms with Gasteiger partial charge in [-0.25, -0.2) is 17.5 Å². The van der Waals surface area contributed by atoms with Crippen LogP contribution in [0, 0.1) is 5.82 Å². The summed E-state index contributed by atoms with van der Waals surface area (Å²) in [6, 6.07) is 13.9. The number of aliphatic hydroxyl groups is 2. The van der Waals surface area contributed by atoms with Crippen molar-refractivity contribution < 1.29 is 27.8 Å². The lowest BCUT2D eigenvalue weighted by Gasteiger charge is -2.30. The predicted octanol–water partition coefficient (Wildman–Crippen LogP) is 0.768. The summed E-state index contributed by atoms with van der Waals surface area (Å²) in [6.07, 6.45) is -1.67. The highest BCUT2D eigenvalue weighted by Gasteiger charge is 2.45. The van der Waals surface area contributed by atoms with Gasteiger partial charge in [0, 0.05) is 13.1 Å². The van der Waals surface area contributed by atoms with E-state index >= 15 is 0 Å². The average molecular weight is 439 g/mol. The van der Waals surface area contributed by atoms with Crippen LogP contribution in [-0.2, 0) is 21.2 Å². The summed E-state index contributed by atoms with van der Waals surface area (Å²) in [7, 11) is -2.04. The van der Waals surface area contributed by atoms with E-state index in [1.165, 1.54) is 12.1 Å². The number of nitrogens with zero attached hydrogens (tertiary/aromatic N) is 1. The monoisotopic (exact) mass is 438 g/mol. The standard InChI is InChI=1S/C21H27FN2O5S/c1-24(12-11-15-5-3-2-4-6-15)20-18(29-19(14-25)21(20)26)13-23-30(27,28)17-9-7-16(22)8-10-17/h2-10,18-21,23,25-26H,11-14H2,1H3/t18-,19+,20-,21-/m1/s1. The lowest BCUT2D eigenvalue weighted by atomic mass is 10.0. The number of likely N-dealkylation sites (N-methyl/N-ethyl adjacent to an activating group) is 1. The second kappa shape index (κ2) is 9.95. The smallest absolute Gasteiger partial charge is 0.240 e. The van der Waals surface area contributed by atoms with Gasteiger partial charge in [0.05, 0.1) is 23.6 Å². The van der Waals surface area contributed by atoms with Gasteiger partial charge in [0.2, 0.25) is 10.0 Å². The zero-order chi connectivity index (χ0) is 21.7. The van der Waals surface area contributed by atoms with Crippen LogP contribution in [0.25, 0.3) is 0 Å². The number of hydrogen-bond donors (Lipinski definition) is 3. The Bertz CT molecular complexity index is 911. The highest BCUT2D eigenvalue weighted by atomic mass is 32.2. The molecule has 0 radical (unpaired) electrons. The number of hydrogen-bond acceptors (Lipinski definition) is 6. The van der Waals surface area contributed by atoms with Crippen molar-refractivity contribution in [3.05, 3.63) is 66.0 Å². The Morgan fingerprint density at radius 1 is 1.10 bits per heavy atom. The van der Waals surface area contributed by atoms with E-state index < -0.39 is 40.2 Å². The first-order chi connectivity index (χ1) is 14.3. The predicted molar refractivity (Wildman–Crippen MR) is 110 cm³/mol. The molecule has 1 aliphatic heterocycles. The molecule has 9 heteroatoms. The Labute approximate surface area is 176 Å². The molecule has 1 saturated heterocycles. The van der Waals surface area contributed by atoms with E-state index in [9.17, 15) is 23.0 Å². The summed E-state index contributed by atoms with van der Waals surface area (Å²) in [6.45, 7) is 0.160. The second-order valence-corrected chi connectivity index (χ2v) is 9.17. The molecular weight excluding hydrogens is 411 g/mol. The molecule has 7 nitrogen and oxygen atoms in total. The normalized spacial score (nSPS) is 24.4. The van der Waals surface area contributed by atoms with Crippen LogP contribution in [0.2, 0.25) is 0 Å². The van der Waals surface area contributed by atoms with Crippen molar-refractivity contribution in [1.82, 2.24) is 9.62 Å². The summed E-state index contributed by atoms with van der Waals surface area (Å²) < 4.78 is 46.3. The van der Waals surface area contributed by atoms with E-state index in [0.717, 1.165) is 24.1 Å². The molecule has 3 N–H and O–H groups in total. The molecule has 2 aromatic rings. The van der Waals surface area contributed by atoms with Gasteiger partial charge in [-0.2, -0.15) is 0 Å². The van der Waals surface area contributed by atoms with Crippen LogP contribution in [-0.4, -0.2) is 74.6 Å². The van der Waals surface area contributed by atoms with E-state index in [2.05, 4.69) is 4.72 Å². The second-order valence-electron chi connectivity index (χ2n) is 7.40. The minimum Gasteiger partial charge on any atom is -0.394 e. The average Bonchev–Trinajstić information content (AvgIpc) is 3.07. The zero-order valence-corrected chi connectivity index (χ0v) is 17.5. The molecule has 30 heavy (non-hydrogen) atoms. The Hall–Kier alpha value is -1.88. The Morgan fingerprint density at radius 2 is 1.77 bits per heavy atom. The maximum Gasteiger partial charge on any atom is 0.240 e. The third-order valence-electron chi connectivity index (χ3n) is 5.34. The Kier molecular flexibility index (Phi) is 7.56. The van der Waals surface area contributed by atoms with Crippen molar-refractivity contribution in [2.75, 3.05) is 26.7 Å². The van der Waals surface area contributed by atoms with E-state index in [1.807, 2.05) is 42.3 Å². The minimum absolute atomic E-state index is 0.0601. The van der Waals surface area contributed by atoms with Crippen LogP contribution in [0.4, 0.5) is 4.39 Å². The lowest BCUT2D eigenvalue weighted by Crippen LogP contribution is -2.50. The molecule has 0 bridgehead atoms. The summed E-state index contributed by atoms with van der Waals surface area (Å²) in [5, 5.41) is 20.1. The Morgan fingerprint density at radius 3 is 2.40 bits per heavy atom. The largest absolute Gasteiger partial charge is 0.394 e. The maximum atomic E-state index is 13.1. The van der Waals surface area contributed by atoms with Crippen LogP contribution in [0.3, 0.4) is 0 Å². The first kappa shape index (κ1) is 22.8. The number of aliphatic hydroxyl groups excluding tert-OH is 2. The molecule has 1 aliphatic rings. The topological polar surface area (TPSA) is 99.1 Å². The lowest BCUT2D eigenvalue weighted by molar-refractivity contribution is -0.0201. The van der Waals surface area contributed by atoms with Crippen molar-refractivity contribution in [3.8, 4) is 0 Å². The van der Waals surface area contributed by atoms with Gasteiger partial charge < -0.3 is 14.9 Å². The number of ether oxygens (including phenoxy) is 1. The van der Waals surface area contributed by atoms with E-state index in [0.29, 0.717) is 6.54 Å². The molecule has 3 rings (SSSR count). The van der Waals surface area contributed by atoms with Gasteiger partial charge >= 0.3 is 0 Å². The molecule has 0 unspecified atom stereocenters. The minimum atomic E-state index is -3.87. The van der Waals surface area contributed by atoms with Crippen LogP contribution in [0.5, 0.6) is 0 Å². The van der Waals surface area contributed by atoms with Crippen molar-refractivity contribution in [1.29, 1.82) is 0 Å². The fraction of sp³-hybridized carbons (Fsp3) is 0.429. The summed E-state index contributed by atoms with van der Waals surface area (Å²) >= 11 is 0. The number of sulfonamides is 1. The van der Waals surface area contributed by atoms with Crippen LogP contribution in [0.15, 0.2) is 59.5 Å². The fourth-order valence-electron chi connectivity index (χ4n) is 3.68. The fourth-order valence-corrected chi connectivity index (χ4v) is 4.72. The van der Waals surface area contributed by atoms with E-state index in [1.54, 1.807) is 0 Å². The molecule has 1 heterocycles. The number of benzene rings is 2. The van der Waals surface area contributed by atoms with Gasteiger partial charge in [-0.15, -0.1) is 0 Å². The summed E-state index contributed by atoms with van der Waals surface area (Å²) in [5.74, 6) is -0.526. The van der Waals surface area contributed by atoms with Gasteiger partial charge in [-0.3, -0.25) is 4.90 Å². The van der Waals surface area contributed by atoms with Gasteiger partial charge in [0.15, 0.2) is 0 Å². The summed E-state index contributed by atoms with van der Waals surface area (Å²) in [5.41, 5.74) is 1.14. The molecule has 4 atom stereocenters. The molecule has 1 fully saturated rings. The van der Waals surface area contributed by atoms with Crippen molar-refractivity contribution in [2.45, 2.75) is 35.7 Å². The SMILES string of the molecule is CN(CCc1ccccc1)[C@H]1[C@H](O)[C@H](CO)O[C@@H]1CNS(=O)(=O)c1ccc(F)cc1. The third-order valence-corrected chi connectivity index (χ3v) is 6.78. The van der Waals surface area contributed by atoms with Crippen LogP contribution < -0.4 is 4.72 Å². The number of rotatable bonds is 9. The molecule has 2 aromatic carbocycles. The molecular formula is C21H27FN2O5S. The Balaban J connectivity index is 1.67. The van der Waals surface area contributed by atoms with Gasteiger partial charge in [0.1, 0.15) is 18.0 Å². The molecule has 0 saturated carbocycles. The highest BCUT2D eigenvalue weighted by molar-refractivity contribution is 7.89. The van der Waals surface area contributed by atoms with Crippen molar-refractivity contribution >= 4 is 10.0 Å². The van der Waals surface area contributed by atoms with E-state index in [-0.39, 0.29) is 18.0 Å². The molecule has 0 aliphatic carbocycles. The third kappa shape index (κ3) is 5.42. The molecule has 0 spiro atoms. The van der Waals surface area contributed by atoms with Crippen molar-refractivity contribution in [3.63, 3.8) is 0 Å². The van der Waals surface area contributed by atoms with Gasteiger partial charge in [0.25, 0.3) is 0 Å². The first-order valence-electron chi connectivity index (χ1n) is 9.75. The quantitative estimate of drug-likeness (QED) is 0.535. The van der Waals surface area contributed by atoms with Crippen LogP contribution in [0.1, 0.15) is 5.56 Å². The molecule has 164 valence electrons. The van der Waals surface area contributed by atoms with Crippen molar-refractivity contribution in [2.24, 2.45) is 0 Å². The maximum absolute atomic E-state index is 13.1. The highest BCUT2D eigenvalue weighted by Crippen LogP contribution is 2.25. The first-order valence-corrected chi connectivity index (χ1v) is 11.2. The van der Waals surface area contributed by atoms with Gasteiger partial charge in [-0.1, -0.05) is 30.3 Å². The van der Waals surface area contributed by atoms with Gasteiger partial charge in [-0.05, 0) is 43.3 Å². The van der Waals surface area contributed by atoms with Crippen LogP contribution >= 0.6 is 0 Å². The number of nitrogens with one attached hydrogen (secondary N) is 1. The zero-order valence-electron chi connectivity index (χ0n) is 16.7. The summed E-state index contributed by atoms with van der Waals surface area (Å²) in [4.78, 5) is 1.86. The van der Waals surface area contributed by atoms with E-state index in [4.69, 9.17) is 4.74 Å². The molecule has 0 aromatic heterocycles. The molecule has 0 amide bonds.